The predicted molar refractivity (Wildman–Crippen MR) is 72.3 cm³/mol. The summed E-state index contributed by atoms with van der Waals surface area (Å²) in [5.41, 5.74) is 0. The van der Waals surface area contributed by atoms with Crippen LogP contribution in [0.15, 0.2) is 4.34 Å². The fourth-order valence-electron chi connectivity index (χ4n) is 1.15. The van der Waals surface area contributed by atoms with Gasteiger partial charge < -0.3 is 5.32 Å². The molecule has 0 fully saturated rings. The summed E-state index contributed by atoms with van der Waals surface area (Å²) < 4.78 is 5.39. The first-order valence-corrected chi connectivity index (χ1v) is 7.56. The Morgan fingerprint density at radius 2 is 2.12 bits per heavy atom. The van der Waals surface area contributed by atoms with Gasteiger partial charge in [0.25, 0.3) is 0 Å². The number of aromatic nitrogens is 2. The van der Waals surface area contributed by atoms with Crippen molar-refractivity contribution in [2.45, 2.75) is 44.5 Å². The van der Waals surface area contributed by atoms with Crippen molar-refractivity contribution in [1.82, 2.24) is 14.7 Å². The first kappa shape index (κ1) is 13.9. The zero-order valence-corrected chi connectivity index (χ0v) is 12.1. The molecule has 1 heterocycles. The van der Waals surface area contributed by atoms with Crippen molar-refractivity contribution in [3.63, 3.8) is 0 Å². The fourth-order valence-corrected chi connectivity index (χ4v) is 2.89. The number of hydrogen-bond acceptors (Lipinski definition) is 5. The van der Waals surface area contributed by atoms with Crippen LogP contribution in [0.25, 0.3) is 0 Å². The summed E-state index contributed by atoms with van der Waals surface area (Å²) in [6.45, 7) is 9.79. The number of nitrogens with zero attached hydrogens (tertiary/aromatic N) is 2. The van der Waals surface area contributed by atoms with Crippen molar-refractivity contribution < 1.29 is 0 Å². The van der Waals surface area contributed by atoms with Crippen LogP contribution < -0.4 is 5.32 Å². The Morgan fingerprint density at radius 3 is 2.69 bits per heavy atom. The second-order valence-electron chi connectivity index (χ2n) is 4.31. The van der Waals surface area contributed by atoms with E-state index in [0.717, 1.165) is 28.9 Å². The lowest BCUT2D eigenvalue weighted by atomic mass is 10.2. The van der Waals surface area contributed by atoms with Crippen LogP contribution in [0.5, 0.6) is 0 Å². The van der Waals surface area contributed by atoms with Gasteiger partial charge in [-0.2, -0.15) is 4.37 Å². The van der Waals surface area contributed by atoms with Gasteiger partial charge in [0.05, 0.1) is 0 Å². The second-order valence-corrected chi connectivity index (χ2v) is 6.33. The molecule has 0 aliphatic carbocycles. The molecule has 0 bridgehead atoms. The van der Waals surface area contributed by atoms with E-state index < -0.39 is 0 Å². The van der Waals surface area contributed by atoms with E-state index in [0.29, 0.717) is 12.0 Å². The molecule has 1 unspecified atom stereocenters. The van der Waals surface area contributed by atoms with E-state index in [-0.39, 0.29) is 0 Å². The first-order valence-electron chi connectivity index (χ1n) is 5.80. The van der Waals surface area contributed by atoms with Gasteiger partial charge in [0, 0.05) is 18.2 Å². The summed E-state index contributed by atoms with van der Waals surface area (Å²) in [5, 5.41) is 3.45. The van der Waals surface area contributed by atoms with Gasteiger partial charge in [-0.3, -0.25) is 0 Å². The van der Waals surface area contributed by atoms with Crippen LogP contribution in [0, 0.1) is 5.92 Å². The summed E-state index contributed by atoms with van der Waals surface area (Å²) in [7, 11) is 0. The minimum absolute atomic E-state index is 0.570. The largest absolute Gasteiger partial charge is 0.314 e. The number of rotatable bonds is 7. The lowest BCUT2D eigenvalue weighted by Crippen LogP contribution is -2.28. The van der Waals surface area contributed by atoms with Crippen molar-refractivity contribution in [3.8, 4) is 0 Å². The van der Waals surface area contributed by atoms with Gasteiger partial charge in [-0.1, -0.05) is 39.5 Å². The van der Waals surface area contributed by atoms with Crippen molar-refractivity contribution in [2.75, 3.05) is 12.3 Å². The van der Waals surface area contributed by atoms with Crippen LogP contribution in [-0.4, -0.2) is 27.7 Å². The molecular formula is C11H21N3S2. The van der Waals surface area contributed by atoms with Crippen LogP contribution >= 0.6 is 23.3 Å². The average Bonchev–Trinajstić information content (AvgIpc) is 2.71. The topological polar surface area (TPSA) is 37.8 Å². The molecule has 92 valence electrons. The van der Waals surface area contributed by atoms with Crippen molar-refractivity contribution in [1.29, 1.82) is 0 Å². The minimum atomic E-state index is 0.570. The highest BCUT2D eigenvalue weighted by molar-refractivity contribution is 8.00. The molecule has 0 amide bonds. The highest BCUT2D eigenvalue weighted by Gasteiger charge is 2.07. The molecule has 16 heavy (non-hydrogen) atoms. The third kappa shape index (κ3) is 5.27. The number of thioether (sulfide) groups is 1. The molecule has 1 N–H and O–H groups in total. The summed E-state index contributed by atoms with van der Waals surface area (Å²) in [6, 6.07) is 0.570. The summed E-state index contributed by atoms with van der Waals surface area (Å²) >= 11 is 3.34. The summed E-state index contributed by atoms with van der Waals surface area (Å²) in [6.07, 6.45) is 0.932. The maximum Gasteiger partial charge on any atom is 0.170 e. The zero-order chi connectivity index (χ0) is 12.0. The Hall–Kier alpha value is -0.130. The third-order valence-corrected chi connectivity index (χ3v) is 4.33. The molecule has 3 nitrogen and oxygen atoms in total. The van der Waals surface area contributed by atoms with Gasteiger partial charge in [-0.05, 0) is 24.0 Å². The number of nitrogens with one attached hydrogen (secondary N) is 1. The van der Waals surface area contributed by atoms with Gasteiger partial charge in [-0.15, -0.1) is 0 Å². The standard InChI is InChI=1S/C11H21N3S2/c1-5-10-13-11(16-14-10)15-7-9(4)6-12-8(2)3/h8-9,12H,5-7H2,1-4H3. The average molecular weight is 259 g/mol. The van der Waals surface area contributed by atoms with Gasteiger partial charge in [0.1, 0.15) is 5.82 Å². The molecule has 0 saturated carbocycles. The van der Waals surface area contributed by atoms with Crippen molar-refractivity contribution >= 4 is 23.3 Å². The lowest BCUT2D eigenvalue weighted by molar-refractivity contribution is 0.510. The van der Waals surface area contributed by atoms with Crippen LogP contribution in [0.3, 0.4) is 0 Å². The van der Waals surface area contributed by atoms with Crippen LogP contribution in [-0.2, 0) is 6.42 Å². The molecule has 0 radical (unpaired) electrons. The maximum absolute atomic E-state index is 4.45. The summed E-state index contributed by atoms with van der Waals surface area (Å²) in [4.78, 5) is 4.45. The predicted octanol–water partition coefficient (Wildman–Crippen LogP) is 2.83. The number of aryl methyl sites for hydroxylation is 1. The molecular weight excluding hydrogens is 238 g/mol. The first-order chi connectivity index (χ1) is 7.61. The number of hydrogen-bond donors (Lipinski definition) is 1. The Morgan fingerprint density at radius 1 is 1.38 bits per heavy atom. The molecule has 0 aliphatic rings. The van der Waals surface area contributed by atoms with Gasteiger partial charge in [-0.25, -0.2) is 4.98 Å². The Balaban J connectivity index is 2.23. The highest BCUT2D eigenvalue weighted by Crippen LogP contribution is 2.22. The van der Waals surface area contributed by atoms with E-state index >= 15 is 0 Å². The van der Waals surface area contributed by atoms with Crippen LogP contribution in [0.1, 0.15) is 33.5 Å². The van der Waals surface area contributed by atoms with Gasteiger partial charge in [0.15, 0.2) is 4.34 Å². The summed E-state index contributed by atoms with van der Waals surface area (Å²) in [5.74, 6) is 2.75. The molecule has 0 spiro atoms. The molecule has 0 aromatic carbocycles. The molecule has 1 rings (SSSR count). The Kier molecular flexibility index (Phi) is 6.31. The lowest BCUT2D eigenvalue weighted by Gasteiger charge is -2.13. The Labute approximate surface area is 107 Å². The molecule has 5 heteroatoms. The molecule has 1 aromatic rings. The second kappa shape index (κ2) is 7.25. The zero-order valence-electron chi connectivity index (χ0n) is 10.5. The van der Waals surface area contributed by atoms with E-state index in [9.17, 15) is 0 Å². The molecule has 1 atom stereocenters. The van der Waals surface area contributed by atoms with Crippen molar-refractivity contribution in [2.24, 2.45) is 5.92 Å². The normalized spacial score (nSPS) is 13.3. The Bertz CT molecular complexity index is 299. The quantitative estimate of drug-likeness (QED) is 0.764. The van der Waals surface area contributed by atoms with E-state index in [1.807, 2.05) is 11.8 Å². The van der Waals surface area contributed by atoms with Gasteiger partial charge in [0.2, 0.25) is 0 Å². The monoisotopic (exact) mass is 259 g/mol. The van der Waals surface area contributed by atoms with E-state index in [1.54, 1.807) is 0 Å². The maximum atomic E-state index is 4.45. The SMILES string of the molecule is CCc1nsc(SCC(C)CNC(C)C)n1. The minimum Gasteiger partial charge on any atom is -0.314 e. The third-order valence-electron chi connectivity index (χ3n) is 2.13. The highest BCUT2D eigenvalue weighted by atomic mass is 32.2. The van der Waals surface area contributed by atoms with Crippen LogP contribution in [0.2, 0.25) is 0 Å². The van der Waals surface area contributed by atoms with E-state index in [1.165, 1.54) is 11.5 Å². The smallest absolute Gasteiger partial charge is 0.170 e. The molecule has 0 saturated heterocycles. The molecule has 1 aromatic heterocycles. The van der Waals surface area contributed by atoms with Crippen LogP contribution in [0.4, 0.5) is 0 Å². The fraction of sp³-hybridized carbons (Fsp3) is 0.818. The molecule has 0 aliphatic heterocycles. The van der Waals surface area contributed by atoms with E-state index in [2.05, 4.69) is 42.4 Å². The van der Waals surface area contributed by atoms with Crippen molar-refractivity contribution in [3.05, 3.63) is 5.82 Å². The van der Waals surface area contributed by atoms with Gasteiger partial charge >= 0.3 is 0 Å². The van der Waals surface area contributed by atoms with E-state index in [4.69, 9.17) is 0 Å².